The van der Waals surface area contributed by atoms with Crippen molar-refractivity contribution in [2.24, 2.45) is 5.92 Å². The first kappa shape index (κ1) is 20.7. The van der Waals surface area contributed by atoms with Crippen LogP contribution in [0.5, 0.6) is 5.75 Å². The third-order valence-corrected chi connectivity index (χ3v) is 5.66. The van der Waals surface area contributed by atoms with Gasteiger partial charge in [-0.25, -0.2) is 8.42 Å². The van der Waals surface area contributed by atoms with Crippen LogP contribution >= 0.6 is 0 Å². The van der Waals surface area contributed by atoms with E-state index in [4.69, 9.17) is 10.5 Å². The Kier molecular flexibility index (Phi) is 7.02. The Morgan fingerprint density at radius 3 is 2.62 bits per heavy atom. The molecule has 2 rings (SSSR count). The van der Waals surface area contributed by atoms with Crippen molar-refractivity contribution in [2.75, 3.05) is 32.2 Å². The lowest BCUT2D eigenvalue weighted by Crippen LogP contribution is -2.49. The number of methoxy groups -OCH3 is 1. The van der Waals surface area contributed by atoms with Gasteiger partial charge in [0.15, 0.2) is 5.78 Å². The number of Topliss-reactive ketones (excluding diaryl/α,β-unsaturated/α-hetero) is 1. The Balaban J connectivity index is 1.82. The summed E-state index contributed by atoms with van der Waals surface area (Å²) in [6.07, 6.45) is 4.19. The van der Waals surface area contributed by atoms with Gasteiger partial charge in [-0.3, -0.25) is 9.69 Å². The number of hydrogen-bond acceptors (Lipinski definition) is 6. The van der Waals surface area contributed by atoms with Gasteiger partial charge in [0.1, 0.15) is 5.75 Å². The number of nitrogens with zero attached hydrogens (tertiary/aromatic N) is 1. The Morgan fingerprint density at radius 2 is 2.04 bits per heavy atom. The number of nitrogen functional groups attached to an aromatic ring is 1. The lowest BCUT2D eigenvalue weighted by atomic mass is 9.90. The summed E-state index contributed by atoms with van der Waals surface area (Å²) in [5.41, 5.74) is 6.88. The normalized spacial score (nSPS) is 17.8. The van der Waals surface area contributed by atoms with Gasteiger partial charge < -0.3 is 10.5 Å². The van der Waals surface area contributed by atoms with E-state index in [2.05, 4.69) is 9.62 Å². The van der Waals surface area contributed by atoms with E-state index in [0.29, 0.717) is 29.3 Å². The number of benzene rings is 1. The predicted octanol–water partition coefficient (Wildman–Crippen LogP) is 1.85. The van der Waals surface area contributed by atoms with Crippen molar-refractivity contribution >= 4 is 21.5 Å². The zero-order chi connectivity index (χ0) is 19.3. The average molecular weight is 384 g/mol. The van der Waals surface area contributed by atoms with Crippen LogP contribution < -0.4 is 15.2 Å². The smallest absolute Gasteiger partial charge is 0.210 e. The minimum absolute atomic E-state index is 0.0661. The van der Waals surface area contributed by atoms with Crippen LogP contribution in [0.3, 0.4) is 0 Å². The maximum absolute atomic E-state index is 12.5. The lowest BCUT2D eigenvalue weighted by Gasteiger charge is -2.35. The molecule has 0 radical (unpaired) electrons. The summed E-state index contributed by atoms with van der Waals surface area (Å²) in [6.45, 7) is 3.51. The van der Waals surface area contributed by atoms with E-state index in [0.717, 1.165) is 32.4 Å². The molecule has 26 heavy (non-hydrogen) atoms. The number of nitrogens with one attached hydrogen (secondary N) is 1. The van der Waals surface area contributed by atoms with Crippen molar-refractivity contribution in [1.29, 1.82) is 0 Å². The summed E-state index contributed by atoms with van der Waals surface area (Å²) >= 11 is 0. The van der Waals surface area contributed by atoms with Crippen molar-refractivity contribution in [3.05, 3.63) is 23.8 Å². The number of ketones is 1. The lowest BCUT2D eigenvalue weighted by molar-refractivity contribution is 0.0946. The second kappa shape index (κ2) is 8.83. The molecule has 1 aliphatic heterocycles. The number of nitrogens with two attached hydrogens (primary N) is 1. The largest absolute Gasteiger partial charge is 0.496 e. The average Bonchev–Trinajstić information content (AvgIpc) is 2.58. The van der Waals surface area contributed by atoms with Crippen LogP contribution in [0.15, 0.2) is 18.2 Å². The summed E-state index contributed by atoms with van der Waals surface area (Å²) in [5.74, 6) is 1.06. The van der Waals surface area contributed by atoms with Crippen LogP contribution in [0.1, 0.15) is 43.0 Å². The molecule has 0 bridgehead atoms. The number of carbonyl (C=O) groups excluding carboxylic acids is 1. The molecule has 1 fully saturated rings. The standard InChI is InChI=1S/C18H29N3O4S/c1-13(20-26(3,23)24)21-10-8-14(9-11-21)4-7-17(22)16-6-5-15(19)12-18(16)25-2/h5-6,12-14,20H,4,7-11,19H2,1-3H3. The van der Waals surface area contributed by atoms with E-state index >= 15 is 0 Å². The van der Waals surface area contributed by atoms with Crippen LogP contribution in [-0.4, -0.2) is 51.7 Å². The Labute approximate surface area is 155 Å². The fraction of sp³-hybridized carbons (Fsp3) is 0.611. The molecule has 0 amide bonds. The van der Waals surface area contributed by atoms with Gasteiger partial charge in [-0.2, -0.15) is 4.72 Å². The van der Waals surface area contributed by atoms with Crippen LogP contribution in [0.2, 0.25) is 0 Å². The molecule has 0 aliphatic carbocycles. The highest BCUT2D eigenvalue weighted by atomic mass is 32.2. The van der Waals surface area contributed by atoms with Crippen LogP contribution in [0.25, 0.3) is 0 Å². The molecule has 1 unspecified atom stereocenters. The Bertz CT molecular complexity index is 728. The van der Waals surface area contributed by atoms with Crippen LogP contribution in [0.4, 0.5) is 5.69 Å². The van der Waals surface area contributed by atoms with E-state index in [1.807, 2.05) is 6.92 Å². The fourth-order valence-corrected chi connectivity index (χ4v) is 4.19. The van der Waals surface area contributed by atoms with Gasteiger partial charge in [-0.15, -0.1) is 0 Å². The Morgan fingerprint density at radius 1 is 1.38 bits per heavy atom. The summed E-state index contributed by atoms with van der Waals surface area (Å²) in [4.78, 5) is 14.6. The third-order valence-electron chi connectivity index (χ3n) is 4.89. The van der Waals surface area contributed by atoms with Gasteiger partial charge in [0.25, 0.3) is 0 Å². The number of piperidine rings is 1. The molecule has 1 aromatic carbocycles. The second-order valence-corrected chi connectivity index (χ2v) is 8.75. The summed E-state index contributed by atoms with van der Waals surface area (Å²) < 4.78 is 30.5. The monoisotopic (exact) mass is 383 g/mol. The molecule has 1 aliphatic rings. The van der Waals surface area contributed by atoms with E-state index in [-0.39, 0.29) is 11.9 Å². The van der Waals surface area contributed by atoms with Crippen molar-refractivity contribution in [1.82, 2.24) is 9.62 Å². The van der Waals surface area contributed by atoms with Gasteiger partial charge in [0.2, 0.25) is 10.0 Å². The maximum atomic E-state index is 12.5. The topological polar surface area (TPSA) is 102 Å². The SMILES string of the molecule is COc1cc(N)ccc1C(=O)CCC1CCN(C(C)NS(C)(=O)=O)CC1. The molecule has 7 nitrogen and oxygen atoms in total. The second-order valence-electron chi connectivity index (χ2n) is 6.97. The fourth-order valence-electron chi connectivity index (χ4n) is 3.42. The number of rotatable bonds is 8. The van der Waals surface area contributed by atoms with Crippen molar-refractivity contribution in [3.8, 4) is 5.75 Å². The first-order valence-corrected chi connectivity index (χ1v) is 10.8. The number of likely N-dealkylation sites (tertiary alicyclic amines) is 1. The minimum atomic E-state index is -3.21. The highest BCUT2D eigenvalue weighted by Gasteiger charge is 2.25. The quantitative estimate of drug-likeness (QED) is 0.525. The molecular weight excluding hydrogens is 354 g/mol. The number of sulfonamides is 1. The van der Waals surface area contributed by atoms with Crippen molar-refractivity contribution in [2.45, 2.75) is 38.8 Å². The van der Waals surface area contributed by atoms with Crippen LogP contribution in [-0.2, 0) is 10.0 Å². The summed E-state index contributed by atoms with van der Waals surface area (Å²) in [6, 6.07) is 5.10. The minimum Gasteiger partial charge on any atom is -0.496 e. The van der Waals surface area contributed by atoms with E-state index in [1.54, 1.807) is 18.2 Å². The van der Waals surface area contributed by atoms with Crippen LogP contribution in [0, 0.1) is 5.92 Å². The number of anilines is 1. The number of hydrogen-bond donors (Lipinski definition) is 2. The van der Waals surface area contributed by atoms with Crippen molar-refractivity contribution in [3.63, 3.8) is 0 Å². The van der Waals surface area contributed by atoms with E-state index < -0.39 is 10.0 Å². The van der Waals surface area contributed by atoms with Gasteiger partial charge in [-0.05, 0) is 57.3 Å². The van der Waals surface area contributed by atoms with Crippen molar-refractivity contribution < 1.29 is 17.9 Å². The summed E-state index contributed by atoms with van der Waals surface area (Å²) in [7, 11) is -1.67. The molecule has 8 heteroatoms. The maximum Gasteiger partial charge on any atom is 0.210 e. The molecule has 146 valence electrons. The highest BCUT2D eigenvalue weighted by Crippen LogP contribution is 2.27. The predicted molar refractivity (Wildman–Crippen MR) is 103 cm³/mol. The highest BCUT2D eigenvalue weighted by molar-refractivity contribution is 7.88. The van der Waals surface area contributed by atoms with Gasteiger partial charge >= 0.3 is 0 Å². The van der Waals surface area contributed by atoms with Gasteiger partial charge in [0.05, 0.1) is 25.1 Å². The van der Waals surface area contributed by atoms with Gasteiger partial charge in [0, 0.05) is 18.2 Å². The molecule has 3 N–H and O–H groups in total. The van der Waals surface area contributed by atoms with E-state index in [9.17, 15) is 13.2 Å². The van der Waals surface area contributed by atoms with Gasteiger partial charge in [-0.1, -0.05) is 0 Å². The molecule has 0 saturated carbocycles. The first-order valence-electron chi connectivity index (χ1n) is 8.87. The third kappa shape index (κ3) is 5.96. The zero-order valence-corrected chi connectivity index (χ0v) is 16.5. The van der Waals surface area contributed by atoms with E-state index in [1.165, 1.54) is 13.4 Å². The Hall–Kier alpha value is -1.64. The number of ether oxygens (including phenoxy) is 1. The molecule has 0 spiro atoms. The first-order chi connectivity index (χ1) is 12.2. The molecule has 1 atom stereocenters. The molecule has 1 heterocycles. The molecule has 0 aromatic heterocycles. The molecule has 1 saturated heterocycles. The zero-order valence-electron chi connectivity index (χ0n) is 15.7. The molecule has 1 aromatic rings. The number of carbonyl (C=O) groups is 1. The summed E-state index contributed by atoms with van der Waals surface area (Å²) in [5, 5.41) is 0. The molecular formula is C18H29N3O4S.